The van der Waals surface area contributed by atoms with Crippen molar-refractivity contribution in [2.75, 3.05) is 0 Å². The van der Waals surface area contributed by atoms with Gasteiger partial charge in [0.1, 0.15) is 0 Å². The van der Waals surface area contributed by atoms with Crippen LogP contribution in [0.3, 0.4) is 0 Å². The quantitative estimate of drug-likeness (QED) is 0.560. The third kappa shape index (κ3) is 5.54. The minimum absolute atomic E-state index is 0.892. The standard InChI is InChI=1S/C11H16Se2/c1-2-3-9-12-13-10-11-7-5-4-6-8-11/h4-8H,2-3,9-10H2,1H3. The summed E-state index contributed by atoms with van der Waals surface area (Å²) in [6, 6.07) is 10.9. The predicted octanol–water partition coefficient (Wildman–Crippen LogP) is 2.73. The molecule has 1 rings (SSSR count). The van der Waals surface area contributed by atoms with E-state index >= 15 is 0 Å². The molecule has 0 fully saturated rings. The first-order valence-corrected chi connectivity index (χ1v) is 11.5. The molecule has 0 atom stereocenters. The molecule has 13 heavy (non-hydrogen) atoms. The second-order valence-electron chi connectivity index (χ2n) is 2.92. The van der Waals surface area contributed by atoms with Gasteiger partial charge in [-0.15, -0.1) is 0 Å². The van der Waals surface area contributed by atoms with Gasteiger partial charge in [-0.2, -0.15) is 0 Å². The second-order valence-corrected chi connectivity index (χ2v) is 10.5. The number of hydrogen-bond acceptors (Lipinski definition) is 0. The van der Waals surface area contributed by atoms with Crippen molar-refractivity contribution in [2.45, 2.75) is 30.4 Å². The zero-order chi connectivity index (χ0) is 9.36. The molecule has 0 bridgehead atoms. The van der Waals surface area contributed by atoms with Crippen molar-refractivity contribution < 1.29 is 0 Å². The van der Waals surface area contributed by atoms with Crippen LogP contribution >= 0.6 is 0 Å². The molecule has 0 aliphatic rings. The normalized spacial score (nSPS) is 10.2. The Labute approximate surface area is 92.4 Å². The number of benzene rings is 1. The number of hydrogen-bond donors (Lipinski definition) is 0. The molecule has 0 radical (unpaired) electrons. The van der Waals surface area contributed by atoms with Crippen LogP contribution in [-0.2, 0) is 5.32 Å². The van der Waals surface area contributed by atoms with Gasteiger partial charge in [0.15, 0.2) is 0 Å². The van der Waals surface area contributed by atoms with Gasteiger partial charge in [-0.25, -0.2) is 0 Å². The van der Waals surface area contributed by atoms with Gasteiger partial charge in [0, 0.05) is 0 Å². The molecule has 0 aliphatic carbocycles. The molecule has 0 saturated heterocycles. The van der Waals surface area contributed by atoms with Crippen LogP contribution in [0.1, 0.15) is 25.3 Å². The zero-order valence-corrected chi connectivity index (χ0v) is 11.5. The average Bonchev–Trinajstić information content (AvgIpc) is 2.19. The third-order valence-corrected chi connectivity index (χ3v) is 8.90. The molecule has 0 spiro atoms. The fourth-order valence-electron chi connectivity index (χ4n) is 0.946. The summed E-state index contributed by atoms with van der Waals surface area (Å²) in [5.74, 6) is 0. The summed E-state index contributed by atoms with van der Waals surface area (Å²) < 4.78 is 0. The molecule has 0 aliphatic heterocycles. The summed E-state index contributed by atoms with van der Waals surface area (Å²) in [4.78, 5) is 0. The Kier molecular flexibility index (Phi) is 6.66. The maximum absolute atomic E-state index is 2.28. The van der Waals surface area contributed by atoms with E-state index in [1.54, 1.807) is 0 Å². The first-order chi connectivity index (χ1) is 6.43. The monoisotopic (exact) mass is 308 g/mol. The molecule has 0 unspecified atom stereocenters. The molecule has 0 N–H and O–H groups in total. The van der Waals surface area contributed by atoms with Crippen LogP contribution in [0.5, 0.6) is 0 Å². The van der Waals surface area contributed by atoms with E-state index in [2.05, 4.69) is 37.3 Å². The van der Waals surface area contributed by atoms with Crippen LogP contribution in [0.4, 0.5) is 0 Å². The predicted molar refractivity (Wildman–Crippen MR) is 61.4 cm³/mol. The van der Waals surface area contributed by atoms with Crippen molar-refractivity contribution in [3.8, 4) is 0 Å². The fraction of sp³-hybridized carbons (Fsp3) is 0.455. The molecule has 0 aromatic heterocycles. The molecule has 1 aromatic rings. The van der Waals surface area contributed by atoms with Crippen LogP contribution in [0.15, 0.2) is 30.3 Å². The van der Waals surface area contributed by atoms with Gasteiger partial charge < -0.3 is 0 Å². The van der Waals surface area contributed by atoms with Crippen molar-refractivity contribution in [1.29, 1.82) is 0 Å². The minimum atomic E-state index is 0.892. The molecule has 0 saturated carbocycles. The van der Waals surface area contributed by atoms with Gasteiger partial charge in [-0.3, -0.25) is 0 Å². The Hall–Kier alpha value is 0.259. The van der Waals surface area contributed by atoms with Crippen molar-refractivity contribution in [3.63, 3.8) is 0 Å². The van der Waals surface area contributed by atoms with E-state index in [0.29, 0.717) is 0 Å². The van der Waals surface area contributed by atoms with E-state index in [1.807, 2.05) is 0 Å². The van der Waals surface area contributed by atoms with E-state index < -0.39 is 0 Å². The van der Waals surface area contributed by atoms with Gasteiger partial charge in [0.2, 0.25) is 0 Å². The first kappa shape index (κ1) is 11.3. The molecule has 2 heteroatoms. The van der Waals surface area contributed by atoms with E-state index in [0.717, 1.165) is 26.3 Å². The van der Waals surface area contributed by atoms with Gasteiger partial charge >= 0.3 is 92.6 Å². The summed E-state index contributed by atoms with van der Waals surface area (Å²) in [5.41, 5.74) is 1.53. The molecule has 72 valence electrons. The van der Waals surface area contributed by atoms with Gasteiger partial charge in [-0.05, 0) is 0 Å². The SMILES string of the molecule is CCCC[Se][Se]Cc1ccccc1. The molecule has 0 nitrogen and oxygen atoms in total. The van der Waals surface area contributed by atoms with Crippen molar-refractivity contribution in [3.05, 3.63) is 35.9 Å². The Balaban J connectivity index is 2.07. The van der Waals surface area contributed by atoms with Crippen molar-refractivity contribution in [1.82, 2.24) is 0 Å². The van der Waals surface area contributed by atoms with E-state index in [1.165, 1.54) is 29.0 Å². The maximum atomic E-state index is 2.28. The van der Waals surface area contributed by atoms with Crippen LogP contribution in [0.25, 0.3) is 0 Å². The zero-order valence-electron chi connectivity index (χ0n) is 8.03. The van der Waals surface area contributed by atoms with Crippen LogP contribution in [0, 0.1) is 0 Å². The van der Waals surface area contributed by atoms with Crippen molar-refractivity contribution in [2.24, 2.45) is 0 Å². The van der Waals surface area contributed by atoms with E-state index in [9.17, 15) is 0 Å². The van der Waals surface area contributed by atoms with E-state index in [4.69, 9.17) is 0 Å². The fourth-order valence-corrected chi connectivity index (χ4v) is 7.87. The van der Waals surface area contributed by atoms with Gasteiger partial charge in [0.05, 0.1) is 0 Å². The van der Waals surface area contributed by atoms with Crippen molar-refractivity contribution >= 4 is 26.3 Å². The Morgan fingerprint density at radius 3 is 2.54 bits per heavy atom. The average molecular weight is 306 g/mol. The third-order valence-electron chi connectivity index (χ3n) is 1.73. The molecule has 0 amide bonds. The molecule has 1 aromatic carbocycles. The molecule has 0 heterocycles. The number of rotatable bonds is 6. The van der Waals surface area contributed by atoms with Gasteiger partial charge in [0.25, 0.3) is 0 Å². The Bertz CT molecular complexity index is 209. The second kappa shape index (κ2) is 7.64. The molecular weight excluding hydrogens is 290 g/mol. The summed E-state index contributed by atoms with van der Waals surface area (Å²) in [5, 5.41) is 2.84. The number of unbranched alkanes of at least 4 members (excludes halogenated alkanes) is 1. The van der Waals surface area contributed by atoms with Gasteiger partial charge in [-0.1, -0.05) is 0 Å². The first-order valence-electron chi connectivity index (χ1n) is 4.72. The van der Waals surface area contributed by atoms with Crippen LogP contribution in [0.2, 0.25) is 5.32 Å². The Morgan fingerprint density at radius 1 is 1.08 bits per heavy atom. The summed E-state index contributed by atoms with van der Waals surface area (Å²) in [6.07, 6.45) is 2.81. The molecular formula is C11H16Se2. The van der Waals surface area contributed by atoms with E-state index in [-0.39, 0.29) is 0 Å². The summed E-state index contributed by atoms with van der Waals surface area (Å²) >= 11 is 1.84. The summed E-state index contributed by atoms with van der Waals surface area (Å²) in [6.45, 7) is 2.28. The Morgan fingerprint density at radius 2 is 1.85 bits per heavy atom. The summed E-state index contributed by atoms with van der Waals surface area (Å²) in [7, 11) is 0. The van der Waals surface area contributed by atoms with Crippen LogP contribution < -0.4 is 0 Å². The van der Waals surface area contributed by atoms with Crippen LogP contribution in [-0.4, -0.2) is 26.3 Å². The topological polar surface area (TPSA) is 0 Å².